The standard InChI is InChI=1S/C15H25N3O4S2/c1-13(16)8-9-17-23(19,20)14-6-5-7-15(12-14)24(21,22)18-10-3-2-4-11-18/h5-7,12-13,17H,2-4,8-11,16H2,1H3. The molecule has 0 amide bonds. The molecular formula is C15H25N3O4S2. The van der Waals surface area contributed by atoms with Gasteiger partial charge in [0, 0.05) is 25.7 Å². The molecule has 24 heavy (non-hydrogen) atoms. The summed E-state index contributed by atoms with van der Waals surface area (Å²) in [6.07, 6.45) is 3.18. The molecule has 1 aromatic rings. The van der Waals surface area contributed by atoms with E-state index in [4.69, 9.17) is 5.73 Å². The fourth-order valence-electron chi connectivity index (χ4n) is 2.56. The van der Waals surface area contributed by atoms with Crippen LogP contribution in [0.2, 0.25) is 0 Å². The van der Waals surface area contributed by atoms with Crippen molar-refractivity contribution in [2.24, 2.45) is 5.73 Å². The molecule has 0 saturated carbocycles. The highest BCUT2D eigenvalue weighted by molar-refractivity contribution is 7.90. The van der Waals surface area contributed by atoms with Crippen LogP contribution in [-0.4, -0.2) is 46.8 Å². The zero-order valence-electron chi connectivity index (χ0n) is 13.8. The van der Waals surface area contributed by atoms with Crippen molar-refractivity contribution < 1.29 is 16.8 Å². The number of nitrogens with zero attached hydrogens (tertiary/aromatic N) is 1. The van der Waals surface area contributed by atoms with Gasteiger partial charge in [0.05, 0.1) is 9.79 Å². The lowest BCUT2D eigenvalue weighted by Crippen LogP contribution is -2.35. The van der Waals surface area contributed by atoms with Gasteiger partial charge in [0.1, 0.15) is 0 Å². The molecule has 1 aliphatic rings. The lowest BCUT2D eigenvalue weighted by atomic mass is 10.2. The van der Waals surface area contributed by atoms with Gasteiger partial charge in [-0.15, -0.1) is 0 Å². The first-order valence-corrected chi connectivity index (χ1v) is 11.0. The van der Waals surface area contributed by atoms with E-state index in [-0.39, 0.29) is 22.4 Å². The van der Waals surface area contributed by atoms with E-state index in [9.17, 15) is 16.8 Å². The third-order valence-electron chi connectivity index (χ3n) is 3.96. The molecule has 0 bridgehead atoms. The second kappa shape index (κ2) is 7.92. The Hall–Kier alpha value is -1.00. The molecule has 1 unspecified atom stereocenters. The smallest absolute Gasteiger partial charge is 0.243 e. The van der Waals surface area contributed by atoms with Crippen LogP contribution in [-0.2, 0) is 20.0 Å². The molecule has 136 valence electrons. The molecule has 3 N–H and O–H groups in total. The molecule has 1 fully saturated rings. The predicted octanol–water partition coefficient (Wildman–Crippen LogP) is 0.877. The zero-order valence-corrected chi connectivity index (χ0v) is 15.4. The number of hydrogen-bond donors (Lipinski definition) is 2. The molecule has 0 radical (unpaired) electrons. The van der Waals surface area contributed by atoms with Gasteiger partial charge in [-0.3, -0.25) is 0 Å². The van der Waals surface area contributed by atoms with Crippen LogP contribution >= 0.6 is 0 Å². The van der Waals surface area contributed by atoms with E-state index in [2.05, 4.69) is 4.72 Å². The zero-order chi connectivity index (χ0) is 17.8. The van der Waals surface area contributed by atoms with E-state index < -0.39 is 20.0 Å². The first kappa shape index (κ1) is 19.3. The van der Waals surface area contributed by atoms with Gasteiger partial charge in [-0.1, -0.05) is 12.5 Å². The number of nitrogens with one attached hydrogen (secondary N) is 1. The van der Waals surface area contributed by atoms with E-state index in [0.717, 1.165) is 19.3 Å². The van der Waals surface area contributed by atoms with Crippen LogP contribution in [0.3, 0.4) is 0 Å². The van der Waals surface area contributed by atoms with E-state index in [1.807, 2.05) is 0 Å². The fraction of sp³-hybridized carbons (Fsp3) is 0.600. The Morgan fingerprint density at radius 3 is 2.38 bits per heavy atom. The molecule has 1 aromatic carbocycles. The van der Waals surface area contributed by atoms with Gasteiger partial charge in [-0.2, -0.15) is 4.31 Å². The summed E-state index contributed by atoms with van der Waals surface area (Å²) in [7, 11) is -7.42. The minimum absolute atomic E-state index is 0.0134. The number of sulfonamides is 2. The number of piperidine rings is 1. The first-order chi connectivity index (χ1) is 11.2. The van der Waals surface area contributed by atoms with Gasteiger partial charge < -0.3 is 5.73 Å². The number of hydrogen-bond acceptors (Lipinski definition) is 5. The molecule has 1 heterocycles. The average molecular weight is 376 g/mol. The number of benzene rings is 1. The van der Waals surface area contributed by atoms with Crippen molar-refractivity contribution in [2.45, 2.75) is 48.4 Å². The molecule has 0 spiro atoms. The van der Waals surface area contributed by atoms with Crippen LogP contribution in [0, 0.1) is 0 Å². The molecular weight excluding hydrogens is 350 g/mol. The van der Waals surface area contributed by atoms with Crippen LogP contribution in [0.15, 0.2) is 34.1 Å². The third kappa shape index (κ3) is 4.76. The third-order valence-corrected chi connectivity index (χ3v) is 7.31. The van der Waals surface area contributed by atoms with Crippen LogP contribution in [0.1, 0.15) is 32.6 Å². The number of rotatable bonds is 7. The summed E-state index contributed by atoms with van der Waals surface area (Å²) in [6.45, 7) is 2.96. The highest BCUT2D eigenvalue weighted by Gasteiger charge is 2.27. The van der Waals surface area contributed by atoms with Gasteiger partial charge in [-0.05, 0) is 44.4 Å². The van der Waals surface area contributed by atoms with Crippen molar-refractivity contribution >= 4 is 20.0 Å². The van der Waals surface area contributed by atoms with Crippen LogP contribution in [0.5, 0.6) is 0 Å². The lowest BCUT2D eigenvalue weighted by molar-refractivity contribution is 0.346. The lowest BCUT2D eigenvalue weighted by Gasteiger charge is -2.26. The normalized spacial score (nSPS) is 18.4. The van der Waals surface area contributed by atoms with Crippen molar-refractivity contribution in [1.29, 1.82) is 0 Å². The van der Waals surface area contributed by atoms with E-state index >= 15 is 0 Å². The van der Waals surface area contributed by atoms with Crippen LogP contribution < -0.4 is 10.5 Å². The van der Waals surface area contributed by atoms with E-state index in [0.29, 0.717) is 19.5 Å². The number of nitrogens with two attached hydrogens (primary N) is 1. The Labute approximate surface area is 144 Å². The minimum Gasteiger partial charge on any atom is -0.328 e. The summed E-state index contributed by atoms with van der Waals surface area (Å²) in [5.74, 6) is 0. The predicted molar refractivity (Wildman–Crippen MR) is 92.5 cm³/mol. The molecule has 1 saturated heterocycles. The van der Waals surface area contributed by atoms with Crippen molar-refractivity contribution in [3.8, 4) is 0 Å². The maximum absolute atomic E-state index is 12.7. The Morgan fingerprint density at radius 2 is 1.75 bits per heavy atom. The quantitative estimate of drug-likeness (QED) is 0.735. The van der Waals surface area contributed by atoms with Gasteiger partial charge in [0.2, 0.25) is 20.0 Å². The SMILES string of the molecule is CC(N)CCNS(=O)(=O)c1cccc(S(=O)(=O)N2CCCCC2)c1. The second-order valence-corrected chi connectivity index (χ2v) is 9.81. The summed E-state index contributed by atoms with van der Waals surface area (Å²) in [5.41, 5.74) is 5.60. The Balaban J connectivity index is 2.21. The van der Waals surface area contributed by atoms with E-state index in [1.54, 1.807) is 6.92 Å². The monoisotopic (exact) mass is 375 g/mol. The maximum atomic E-state index is 12.7. The molecule has 7 nitrogen and oxygen atoms in total. The van der Waals surface area contributed by atoms with E-state index in [1.165, 1.54) is 28.6 Å². The van der Waals surface area contributed by atoms with Crippen molar-refractivity contribution in [1.82, 2.24) is 9.03 Å². The molecule has 1 aliphatic heterocycles. The molecule has 0 aliphatic carbocycles. The van der Waals surface area contributed by atoms with Crippen LogP contribution in [0.4, 0.5) is 0 Å². The summed E-state index contributed by atoms with van der Waals surface area (Å²) in [4.78, 5) is -0.0373. The Bertz CT molecular complexity index is 755. The first-order valence-electron chi connectivity index (χ1n) is 8.09. The van der Waals surface area contributed by atoms with Gasteiger partial charge >= 0.3 is 0 Å². The van der Waals surface area contributed by atoms with Crippen molar-refractivity contribution in [2.75, 3.05) is 19.6 Å². The fourth-order valence-corrected chi connectivity index (χ4v) is 5.29. The summed E-state index contributed by atoms with van der Waals surface area (Å²) in [6, 6.07) is 5.39. The minimum atomic E-state index is -3.76. The highest BCUT2D eigenvalue weighted by Crippen LogP contribution is 2.22. The van der Waals surface area contributed by atoms with Gasteiger partial charge in [0.15, 0.2) is 0 Å². The van der Waals surface area contributed by atoms with Gasteiger partial charge in [-0.25, -0.2) is 21.6 Å². The average Bonchev–Trinajstić information content (AvgIpc) is 2.55. The Kier molecular flexibility index (Phi) is 6.38. The topological polar surface area (TPSA) is 110 Å². The largest absolute Gasteiger partial charge is 0.328 e. The summed E-state index contributed by atoms with van der Waals surface area (Å²) in [5, 5.41) is 0. The molecule has 1 atom stereocenters. The molecule has 9 heteroatoms. The van der Waals surface area contributed by atoms with Crippen molar-refractivity contribution in [3.05, 3.63) is 24.3 Å². The summed E-state index contributed by atoms with van der Waals surface area (Å²) < 4.78 is 53.8. The summed E-state index contributed by atoms with van der Waals surface area (Å²) >= 11 is 0. The van der Waals surface area contributed by atoms with Crippen molar-refractivity contribution in [3.63, 3.8) is 0 Å². The maximum Gasteiger partial charge on any atom is 0.243 e. The Morgan fingerprint density at radius 1 is 1.12 bits per heavy atom. The van der Waals surface area contributed by atoms with Gasteiger partial charge in [0.25, 0.3) is 0 Å². The second-order valence-electron chi connectivity index (χ2n) is 6.10. The highest BCUT2D eigenvalue weighted by atomic mass is 32.2. The van der Waals surface area contributed by atoms with Crippen LogP contribution in [0.25, 0.3) is 0 Å². The molecule has 2 rings (SSSR count). The molecule has 0 aromatic heterocycles.